The Kier molecular flexibility index (Phi) is 5.81. The first-order valence-corrected chi connectivity index (χ1v) is 7.73. The van der Waals surface area contributed by atoms with E-state index in [0.29, 0.717) is 6.54 Å². The van der Waals surface area contributed by atoms with E-state index in [2.05, 4.69) is 17.1 Å². The molecule has 0 fully saturated rings. The first-order valence-electron chi connectivity index (χ1n) is 7.73. The van der Waals surface area contributed by atoms with Crippen LogP contribution in [-0.4, -0.2) is 16.8 Å². The average Bonchev–Trinajstić information content (AvgIpc) is 2.88. The maximum atomic E-state index is 5.78. The SMILES string of the molecule is CCCCCCOc1ccc(-c2n[nH]c(C)c2CN)cc1. The molecule has 4 heteroatoms. The minimum absolute atomic E-state index is 0.493. The number of hydrogen-bond donors (Lipinski definition) is 2. The van der Waals surface area contributed by atoms with Gasteiger partial charge in [0.1, 0.15) is 5.75 Å². The van der Waals surface area contributed by atoms with Crippen LogP contribution in [0.25, 0.3) is 11.3 Å². The van der Waals surface area contributed by atoms with Gasteiger partial charge in [-0.1, -0.05) is 26.2 Å². The molecular formula is C17H25N3O. The first-order chi connectivity index (χ1) is 10.3. The molecule has 0 bridgehead atoms. The van der Waals surface area contributed by atoms with E-state index >= 15 is 0 Å². The van der Waals surface area contributed by atoms with Crippen molar-refractivity contribution < 1.29 is 4.74 Å². The summed E-state index contributed by atoms with van der Waals surface area (Å²) in [5.41, 5.74) is 9.89. The second-order valence-electron chi connectivity index (χ2n) is 5.31. The first kappa shape index (κ1) is 15.6. The van der Waals surface area contributed by atoms with Gasteiger partial charge in [0.05, 0.1) is 12.3 Å². The molecule has 114 valence electrons. The largest absolute Gasteiger partial charge is 0.494 e. The van der Waals surface area contributed by atoms with E-state index in [0.717, 1.165) is 41.3 Å². The predicted octanol–water partition coefficient (Wildman–Crippen LogP) is 3.80. The molecule has 1 heterocycles. The molecule has 0 radical (unpaired) electrons. The monoisotopic (exact) mass is 287 g/mol. The van der Waals surface area contributed by atoms with Gasteiger partial charge in [-0.2, -0.15) is 5.10 Å². The highest BCUT2D eigenvalue weighted by Crippen LogP contribution is 2.25. The summed E-state index contributed by atoms with van der Waals surface area (Å²) < 4.78 is 5.75. The average molecular weight is 287 g/mol. The van der Waals surface area contributed by atoms with Crippen molar-refractivity contribution in [1.29, 1.82) is 0 Å². The van der Waals surface area contributed by atoms with Crippen molar-refractivity contribution in [1.82, 2.24) is 10.2 Å². The van der Waals surface area contributed by atoms with Crippen LogP contribution in [0.4, 0.5) is 0 Å². The zero-order chi connectivity index (χ0) is 15.1. The van der Waals surface area contributed by atoms with Crippen LogP contribution in [-0.2, 0) is 6.54 Å². The van der Waals surface area contributed by atoms with Crippen molar-refractivity contribution in [2.45, 2.75) is 46.1 Å². The molecule has 0 aliphatic heterocycles. The molecule has 0 saturated carbocycles. The van der Waals surface area contributed by atoms with Crippen molar-refractivity contribution in [2.75, 3.05) is 6.61 Å². The molecule has 3 N–H and O–H groups in total. The minimum atomic E-state index is 0.493. The number of nitrogens with zero attached hydrogens (tertiary/aromatic N) is 1. The summed E-state index contributed by atoms with van der Waals surface area (Å²) in [6, 6.07) is 8.07. The molecule has 0 spiro atoms. The Hall–Kier alpha value is -1.81. The highest BCUT2D eigenvalue weighted by molar-refractivity contribution is 5.64. The lowest BCUT2D eigenvalue weighted by atomic mass is 10.1. The maximum absolute atomic E-state index is 5.78. The number of aryl methyl sites for hydroxylation is 1. The van der Waals surface area contributed by atoms with Crippen LogP contribution in [0.2, 0.25) is 0 Å². The topological polar surface area (TPSA) is 63.9 Å². The van der Waals surface area contributed by atoms with E-state index in [-0.39, 0.29) is 0 Å². The number of nitrogens with two attached hydrogens (primary N) is 1. The van der Waals surface area contributed by atoms with Crippen LogP contribution in [0.5, 0.6) is 5.75 Å². The van der Waals surface area contributed by atoms with E-state index in [4.69, 9.17) is 10.5 Å². The van der Waals surface area contributed by atoms with Crippen molar-refractivity contribution in [2.24, 2.45) is 5.73 Å². The van der Waals surface area contributed by atoms with Gasteiger partial charge in [-0.05, 0) is 37.6 Å². The zero-order valence-corrected chi connectivity index (χ0v) is 13.0. The van der Waals surface area contributed by atoms with Gasteiger partial charge in [0.2, 0.25) is 0 Å². The molecule has 0 amide bonds. The van der Waals surface area contributed by atoms with E-state index in [1.165, 1.54) is 19.3 Å². The van der Waals surface area contributed by atoms with Crippen LogP contribution in [0.3, 0.4) is 0 Å². The standard InChI is InChI=1S/C17H25N3O/c1-3-4-5-6-11-21-15-9-7-14(8-10-15)17-16(12-18)13(2)19-20-17/h7-10H,3-6,11-12,18H2,1-2H3,(H,19,20). The molecule has 2 rings (SSSR count). The Morgan fingerprint density at radius 1 is 1.14 bits per heavy atom. The van der Waals surface area contributed by atoms with Crippen molar-refractivity contribution in [3.05, 3.63) is 35.5 Å². The Balaban J connectivity index is 1.95. The number of benzene rings is 1. The molecule has 0 aliphatic rings. The number of hydrogen-bond acceptors (Lipinski definition) is 3. The lowest BCUT2D eigenvalue weighted by molar-refractivity contribution is 0.305. The van der Waals surface area contributed by atoms with Gasteiger partial charge in [0.25, 0.3) is 0 Å². The Labute approximate surface area is 126 Å². The van der Waals surface area contributed by atoms with Crippen LogP contribution >= 0.6 is 0 Å². The molecule has 0 aliphatic carbocycles. The third-order valence-corrected chi connectivity index (χ3v) is 3.67. The van der Waals surface area contributed by atoms with Gasteiger partial charge < -0.3 is 10.5 Å². The van der Waals surface area contributed by atoms with E-state index in [1.807, 2.05) is 31.2 Å². The second kappa shape index (κ2) is 7.84. The molecule has 1 aromatic heterocycles. The van der Waals surface area contributed by atoms with Crippen LogP contribution < -0.4 is 10.5 Å². The number of aromatic nitrogens is 2. The molecule has 0 atom stereocenters. The predicted molar refractivity (Wildman–Crippen MR) is 86.3 cm³/mol. The number of nitrogens with one attached hydrogen (secondary N) is 1. The fourth-order valence-corrected chi connectivity index (χ4v) is 2.37. The van der Waals surface area contributed by atoms with Crippen molar-refractivity contribution in [3.63, 3.8) is 0 Å². The minimum Gasteiger partial charge on any atom is -0.494 e. The highest BCUT2D eigenvalue weighted by Gasteiger charge is 2.10. The normalized spacial score (nSPS) is 10.8. The molecule has 0 saturated heterocycles. The van der Waals surface area contributed by atoms with Crippen molar-refractivity contribution in [3.8, 4) is 17.0 Å². The number of H-pyrrole nitrogens is 1. The van der Waals surface area contributed by atoms with Gasteiger partial charge in [0, 0.05) is 23.4 Å². The summed E-state index contributed by atoms with van der Waals surface area (Å²) in [6.45, 7) is 5.49. The third-order valence-electron chi connectivity index (χ3n) is 3.67. The Bertz CT molecular complexity index is 546. The molecule has 0 unspecified atom stereocenters. The summed E-state index contributed by atoms with van der Waals surface area (Å²) in [5, 5.41) is 7.33. The van der Waals surface area contributed by atoms with Crippen LogP contribution in [0, 0.1) is 6.92 Å². The molecular weight excluding hydrogens is 262 g/mol. The fourth-order valence-electron chi connectivity index (χ4n) is 2.37. The Morgan fingerprint density at radius 3 is 2.57 bits per heavy atom. The van der Waals surface area contributed by atoms with Crippen molar-refractivity contribution >= 4 is 0 Å². The number of unbranched alkanes of at least 4 members (excludes halogenated alkanes) is 3. The summed E-state index contributed by atoms with van der Waals surface area (Å²) in [6.07, 6.45) is 4.89. The summed E-state index contributed by atoms with van der Waals surface area (Å²) in [5.74, 6) is 0.914. The Morgan fingerprint density at radius 2 is 1.90 bits per heavy atom. The number of ether oxygens (including phenoxy) is 1. The van der Waals surface area contributed by atoms with Gasteiger partial charge in [0.15, 0.2) is 0 Å². The molecule has 4 nitrogen and oxygen atoms in total. The molecule has 1 aromatic carbocycles. The van der Waals surface area contributed by atoms with Gasteiger partial charge in [-0.3, -0.25) is 5.10 Å². The smallest absolute Gasteiger partial charge is 0.119 e. The van der Waals surface area contributed by atoms with E-state index in [9.17, 15) is 0 Å². The third kappa shape index (κ3) is 4.08. The summed E-state index contributed by atoms with van der Waals surface area (Å²) in [4.78, 5) is 0. The highest BCUT2D eigenvalue weighted by atomic mass is 16.5. The lowest BCUT2D eigenvalue weighted by Crippen LogP contribution is -1.99. The van der Waals surface area contributed by atoms with Crippen LogP contribution in [0.15, 0.2) is 24.3 Å². The van der Waals surface area contributed by atoms with E-state index in [1.54, 1.807) is 0 Å². The van der Waals surface area contributed by atoms with Gasteiger partial charge in [-0.15, -0.1) is 0 Å². The lowest BCUT2D eigenvalue weighted by Gasteiger charge is -2.07. The van der Waals surface area contributed by atoms with Gasteiger partial charge >= 0.3 is 0 Å². The molecule has 21 heavy (non-hydrogen) atoms. The van der Waals surface area contributed by atoms with Gasteiger partial charge in [-0.25, -0.2) is 0 Å². The zero-order valence-electron chi connectivity index (χ0n) is 13.0. The van der Waals surface area contributed by atoms with E-state index < -0.39 is 0 Å². The van der Waals surface area contributed by atoms with Crippen LogP contribution in [0.1, 0.15) is 43.9 Å². The fraction of sp³-hybridized carbons (Fsp3) is 0.471. The maximum Gasteiger partial charge on any atom is 0.119 e. The number of rotatable bonds is 8. The molecule has 2 aromatic rings. The quantitative estimate of drug-likeness (QED) is 0.726. The number of aromatic amines is 1. The summed E-state index contributed by atoms with van der Waals surface area (Å²) in [7, 11) is 0. The second-order valence-corrected chi connectivity index (χ2v) is 5.31. The summed E-state index contributed by atoms with van der Waals surface area (Å²) >= 11 is 0.